The molecule has 0 aliphatic carbocycles. The Morgan fingerprint density at radius 1 is 1.31 bits per heavy atom. The van der Waals surface area contributed by atoms with E-state index in [0.29, 0.717) is 31.0 Å². The Morgan fingerprint density at radius 2 is 2.14 bits per heavy atom. The molecule has 3 heterocycles. The largest absolute Gasteiger partial charge is 0.375 e. The molecule has 7 heteroatoms. The molecule has 0 unspecified atom stereocenters. The van der Waals surface area contributed by atoms with Crippen LogP contribution in [0.1, 0.15) is 46.7 Å². The van der Waals surface area contributed by atoms with Crippen molar-refractivity contribution < 1.29 is 13.9 Å². The molecule has 0 saturated carbocycles. The summed E-state index contributed by atoms with van der Waals surface area (Å²) in [5.41, 5.74) is 5.40. The first-order chi connectivity index (χ1) is 14.1. The van der Waals surface area contributed by atoms with E-state index in [1.165, 1.54) is 6.07 Å². The molecular weight excluding hydrogens is 437 g/mol. The SMILES string of the molecule is Cc1nn(C)c2c1-c1c(F)ccc3c(CCCBr)c(C=O)n(c13)CCCCOC2. The number of aldehydes is 1. The first-order valence-corrected chi connectivity index (χ1v) is 11.2. The lowest BCUT2D eigenvalue weighted by Gasteiger charge is -2.12. The summed E-state index contributed by atoms with van der Waals surface area (Å²) in [5, 5.41) is 6.36. The summed E-state index contributed by atoms with van der Waals surface area (Å²) in [5.74, 6) is -0.294. The Kier molecular flexibility index (Phi) is 5.88. The quantitative estimate of drug-likeness (QED) is 0.408. The Bertz CT molecular complexity index is 1070. The maximum absolute atomic E-state index is 15.4. The lowest BCUT2D eigenvalue weighted by Crippen LogP contribution is -2.06. The summed E-state index contributed by atoms with van der Waals surface area (Å²) in [6.07, 6.45) is 4.36. The molecule has 0 bridgehead atoms. The van der Waals surface area contributed by atoms with Crippen LogP contribution in [0.15, 0.2) is 12.1 Å². The first kappa shape index (κ1) is 20.3. The monoisotopic (exact) mass is 461 g/mol. The normalized spacial score (nSPS) is 14.6. The van der Waals surface area contributed by atoms with E-state index in [-0.39, 0.29) is 5.82 Å². The molecule has 154 valence electrons. The Hall–Kier alpha value is -1.99. The van der Waals surface area contributed by atoms with E-state index in [9.17, 15) is 4.79 Å². The number of aromatic nitrogens is 3. The number of rotatable bonds is 4. The first-order valence-electron chi connectivity index (χ1n) is 10.0. The number of halogens is 2. The van der Waals surface area contributed by atoms with Crippen LogP contribution in [0.25, 0.3) is 22.0 Å². The molecule has 1 aromatic carbocycles. The molecular formula is C22H25BrFN3O2. The number of hydrogen-bond donors (Lipinski definition) is 0. The van der Waals surface area contributed by atoms with Crippen molar-refractivity contribution in [1.82, 2.24) is 14.3 Å². The zero-order valence-electron chi connectivity index (χ0n) is 16.8. The van der Waals surface area contributed by atoms with Crippen molar-refractivity contribution in [1.29, 1.82) is 0 Å². The van der Waals surface area contributed by atoms with Crippen molar-refractivity contribution in [2.24, 2.45) is 7.05 Å². The van der Waals surface area contributed by atoms with Gasteiger partial charge in [0.25, 0.3) is 0 Å². The van der Waals surface area contributed by atoms with E-state index >= 15 is 4.39 Å². The van der Waals surface area contributed by atoms with Gasteiger partial charge in [-0.15, -0.1) is 0 Å². The molecule has 2 aromatic heterocycles. The number of nitrogens with zero attached hydrogens (tertiary/aromatic N) is 3. The maximum atomic E-state index is 15.4. The second kappa shape index (κ2) is 8.40. The minimum atomic E-state index is -0.294. The Labute approximate surface area is 178 Å². The third-order valence-corrected chi connectivity index (χ3v) is 6.31. The van der Waals surface area contributed by atoms with Gasteiger partial charge in [-0.25, -0.2) is 4.39 Å². The summed E-state index contributed by atoms with van der Waals surface area (Å²) in [7, 11) is 1.87. The van der Waals surface area contributed by atoms with Crippen molar-refractivity contribution in [3.8, 4) is 11.1 Å². The molecule has 0 radical (unpaired) electrons. The smallest absolute Gasteiger partial charge is 0.166 e. The number of ether oxygens (including phenoxy) is 1. The number of aryl methyl sites for hydroxylation is 4. The topological polar surface area (TPSA) is 49.0 Å². The summed E-state index contributed by atoms with van der Waals surface area (Å²) in [4.78, 5) is 12.1. The van der Waals surface area contributed by atoms with Crippen LogP contribution < -0.4 is 0 Å². The second-order valence-corrected chi connectivity index (χ2v) is 8.33. The molecule has 0 amide bonds. The number of carbonyl (C=O) groups is 1. The van der Waals surface area contributed by atoms with Crippen molar-refractivity contribution >= 4 is 33.1 Å². The van der Waals surface area contributed by atoms with Crippen LogP contribution in [0.5, 0.6) is 0 Å². The third kappa shape index (κ3) is 3.44. The van der Waals surface area contributed by atoms with Gasteiger partial charge in [0, 0.05) is 42.0 Å². The highest BCUT2D eigenvalue weighted by molar-refractivity contribution is 9.09. The number of hydrogen-bond acceptors (Lipinski definition) is 3. The molecule has 4 rings (SSSR count). The number of alkyl halides is 1. The number of benzene rings is 1. The van der Waals surface area contributed by atoms with Crippen LogP contribution >= 0.6 is 15.9 Å². The summed E-state index contributed by atoms with van der Waals surface area (Å²) in [6, 6.07) is 3.34. The molecule has 0 N–H and O–H groups in total. The van der Waals surface area contributed by atoms with Crippen LogP contribution in [-0.2, 0) is 31.4 Å². The Balaban J connectivity index is 2.11. The molecule has 3 aromatic rings. The fourth-order valence-electron chi connectivity index (χ4n) is 4.46. The van der Waals surface area contributed by atoms with Crippen molar-refractivity contribution in [2.75, 3.05) is 11.9 Å². The van der Waals surface area contributed by atoms with E-state index in [0.717, 1.165) is 70.7 Å². The molecule has 5 nitrogen and oxygen atoms in total. The average molecular weight is 462 g/mol. The standard InChI is InChI=1S/C22H25BrFN3O2/c1-14-20-19(26(2)25-14)13-29-11-4-3-10-27-18(12-28)15(6-5-9-23)16-7-8-17(24)21(20)22(16)27/h7-8,12H,3-6,9-11,13H2,1-2H3. The van der Waals surface area contributed by atoms with Gasteiger partial charge in [0.1, 0.15) is 5.82 Å². The van der Waals surface area contributed by atoms with Gasteiger partial charge in [0.2, 0.25) is 0 Å². The molecule has 0 atom stereocenters. The van der Waals surface area contributed by atoms with Crippen LogP contribution in [0.2, 0.25) is 0 Å². The lowest BCUT2D eigenvalue weighted by atomic mass is 9.98. The van der Waals surface area contributed by atoms with Crippen LogP contribution in [0, 0.1) is 12.7 Å². The van der Waals surface area contributed by atoms with Crippen molar-refractivity contribution in [3.63, 3.8) is 0 Å². The zero-order valence-corrected chi connectivity index (χ0v) is 18.4. The maximum Gasteiger partial charge on any atom is 0.166 e. The van der Waals surface area contributed by atoms with Gasteiger partial charge >= 0.3 is 0 Å². The minimum Gasteiger partial charge on any atom is -0.375 e. The summed E-state index contributed by atoms with van der Waals surface area (Å²) in [6.45, 7) is 3.57. The number of carbonyl (C=O) groups excluding carboxylic acids is 1. The molecule has 1 aliphatic heterocycles. The fourth-order valence-corrected chi connectivity index (χ4v) is 4.74. The van der Waals surface area contributed by atoms with E-state index in [1.807, 2.05) is 24.6 Å². The van der Waals surface area contributed by atoms with Gasteiger partial charge in [0.05, 0.1) is 29.2 Å². The molecule has 0 spiro atoms. The van der Waals surface area contributed by atoms with Crippen molar-refractivity contribution in [2.45, 2.75) is 45.8 Å². The molecule has 29 heavy (non-hydrogen) atoms. The lowest BCUT2D eigenvalue weighted by molar-refractivity contribution is 0.110. The van der Waals surface area contributed by atoms with E-state index < -0.39 is 0 Å². The molecule has 0 saturated heterocycles. The van der Waals surface area contributed by atoms with Crippen molar-refractivity contribution in [3.05, 3.63) is 40.6 Å². The highest BCUT2D eigenvalue weighted by Gasteiger charge is 2.26. The summed E-state index contributed by atoms with van der Waals surface area (Å²) >= 11 is 3.49. The van der Waals surface area contributed by atoms with E-state index in [1.54, 1.807) is 4.68 Å². The highest BCUT2D eigenvalue weighted by atomic mass is 79.9. The summed E-state index contributed by atoms with van der Waals surface area (Å²) < 4.78 is 25.0. The highest BCUT2D eigenvalue weighted by Crippen LogP contribution is 2.40. The second-order valence-electron chi connectivity index (χ2n) is 7.53. The zero-order chi connectivity index (χ0) is 20.5. The molecule has 0 fully saturated rings. The minimum absolute atomic E-state index is 0.294. The predicted octanol–water partition coefficient (Wildman–Crippen LogP) is 4.94. The van der Waals surface area contributed by atoms with Gasteiger partial charge in [-0.05, 0) is 50.3 Å². The van der Waals surface area contributed by atoms with Gasteiger partial charge in [0.15, 0.2) is 6.29 Å². The van der Waals surface area contributed by atoms with Gasteiger partial charge < -0.3 is 9.30 Å². The predicted molar refractivity (Wildman–Crippen MR) is 115 cm³/mol. The van der Waals surface area contributed by atoms with Gasteiger partial charge in [-0.2, -0.15) is 5.10 Å². The van der Waals surface area contributed by atoms with Gasteiger partial charge in [-0.1, -0.05) is 15.9 Å². The van der Waals surface area contributed by atoms with Crippen LogP contribution in [-0.4, -0.2) is 32.6 Å². The van der Waals surface area contributed by atoms with E-state index in [4.69, 9.17) is 4.74 Å². The fraction of sp³-hybridized carbons (Fsp3) is 0.455. The molecule has 1 aliphatic rings. The Morgan fingerprint density at radius 3 is 2.90 bits per heavy atom. The van der Waals surface area contributed by atoms with Gasteiger partial charge in [-0.3, -0.25) is 9.48 Å². The average Bonchev–Trinajstić information content (AvgIpc) is 3.14. The van der Waals surface area contributed by atoms with Crippen LogP contribution in [0.3, 0.4) is 0 Å². The van der Waals surface area contributed by atoms with E-state index in [2.05, 4.69) is 21.0 Å². The van der Waals surface area contributed by atoms with Crippen LogP contribution in [0.4, 0.5) is 4.39 Å². The number of fused-ring (bicyclic) bond motifs is 2. The third-order valence-electron chi connectivity index (χ3n) is 5.74.